The Morgan fingerprint density at radius 1 is 1.29 bits per heavy atom. The first-order chi connectivity index (χ1) is 6.90. The van der Waals surface area contributed by atoms with Crippen LogP contribution in [-0.2, 0) is 0 Å². The zero-order chi connectivity index (χ0) is 9.80. The van der Waals surface area contributed by atoms with Crippen molar-refractivity contribution in [1.82, 2.24) is 9.78 Å². The fourth-order valence-electron chi connectivity index (χ4n) is 1.20. The van der Waals surface area contributed by atoms with Crippen molar-refractivity contribution >= 4 is 0 Å². The SMILES string of the molecule is NCOc1cnn(-c2ccccc2)c1. The number of benzene rings is 1. The first kappa shape index (κ1) is 8.77. The van der Waals surface area contributed by atoms with Crippen LogP contribution in [0.15, 0.2) is 42.7 Å². The zero-order valence-corrected chi connectivity index (χ0v) is 7.63. The molecule has 0 spiro atoms. The molecule has 72 valence electrons. The number of hydrogen-bond donors (Lipinski definition) is 1. The molecular weight excluding hydrogens is 178 g/mol. The lowest BCUT2D eigenvalue weighted by Gasteiger charge is -1.99. The molecule has 0 fully saturated rings. The molecule has 2 rings (SSSR count). The van der Waals surface area contributed by atoms with Crippen molar-refractivity contribution in [3.8, 4) is 11.4 Å². The second-order valence-corrected chi connectivity index (χ2v) is 2.77. The smallest absolute Gasteiger partial charge is 0.159 e. The minimum atomic E-state index is 0.167. The van der Waals surface area contributed by atoms with Crippen LogP contribution in [0.1, 0.15) is 0 Å². The van der Waals surface area contributed by atoms with Crippen LogP contribution in [0, 0.1) is 0 Å². The largest absolute Gasteiger partial charge is 0.475 e. The summed E-state index contributed by atoms with van der Waals surface area (Å²) in [7, 11) is 0. The molecule has 0 unspecified atom stereocenters. The van der Waals surface area contributed by atoms with Gasteiger partial charge in [0.05, 0.1) is 18.1 Å². The molecule has 0 amide bonds. The third kappa shape index (κ3) is 1.75. The van der Waals surface area contributed by atoms with E-state index in [2.05, 4.69) is 5.10 Å². The van der Waals surface area contributed by atoms with E-state index >= 15 is 0 Å². The Balaban J connectivity index is 2.25. The molecule has 0 aliphatic carbocycles. The lowest BCUT2D eigenvalue weighted by molar-refractivity contribution is 0.329. The second-order valence-electron chi connectivity index (χ2n) is 2.77. The minimum Gasteiger partial charge on any atom is -0.475 e. The summed E-state index contributed by atoms with van der Waals surface area (Å²) < 4.78 is 6.84. The van der Waals surface area contributed by atoms with Crippen LogP contribution in [0.4, 0.5) is 0 Å². The molecule has 1 aromatic carbocycles. The standard InChI is InChI=1S/C10H11N3O/c11-8-14-10-6-12-13(7-10)9-4-2-1-3-5-9/h1-7H,8,11H2. The van der Waals surface area contributed by atoms with Crippen molar-refractivity contribution in [3.63, 3.8) is 0 Å². The predicted molar refractivity (Wildman–Crippen MR) is 53.2 cm³/mol. The predicted octanol–water partition coefficient (Wildman–Crippen LogP) is 1.17. The van der Waals surface area contributed by atoms with Gasteiger partial charge in [-0.3, -0.25) is 5.73 Å². The Morgan fingerprint density at radius 3 is 2.79 bits per heavy atom. The van der Waals surface area contributed by atoms with Crippen molar-refractivity contribution < 1.29 is 4.74 Å². The maximum atomic E-state index is 5.25. The highest BCUT2D eigenvalue weighted by Crippen LogP contribution is 2.12. The number of nitrogens with two attached hydrogens (primary N) is 1. The molecular formula is C10H11N3O. The van der Waals surface area contributed by atoms with E-state index in [-0.39, 0.29) is 6.73 Å². The highest BCUT2D eigenvalue weighted by atomic mass is 16.5. The van der Waals surface area contributed by atoms with Gasteiger partial charge >= 0.3 is 0 Å². The minimum absolute atomic E-state index is 0.167. The quantitative estimate of drug-likeness (QED) is 0.737. The van der Waals surface area contributed by atoms with Crippen LogP contribution in [0.25, 0.3) is 5.69 Å². The first-order valence-corrected chi connectivity index (χ1v) is 4.33. The lowest BCUT2D eigenvalue weighted by Crippen LogP contribution is -2.06. The number of aromatic nitrogens is 2. The molecule has 14 heavy (non-hydrogen) atoms. The molecule has 2 N–H and O–H groups in total. The molecule has 1 aromatic heterocycles. The van der Waals surface area contributed by atoms with Gasteiger partial charge in [0.25, 0.3) is 0 Å². The Hall–Kier alpha value is -1.81. The Bertz CT molecular complexity index is 397. The summed E-state index contributed by atoms with van der Waals surface area (Å²) in [5.41, 5.74) is 6.25. The second kappa shape index (κ2) is 3.93. The summed E-state index contributed by atoms with van der Waals surface area (Å²) in [6.07, 6.45) is 3.43. The molecule has 0 aliphatic rings. The van der Waals surface area contributed by atoms with Gasteiger partial charge in [-0.25, -0.2) is 4.68 Å². The molecule has 0 radical (unpaired) electrons. The summed E-state index contributed by atoms with van der Waals surface area (Å²) in [4.78, 5) is 0. The number of hydrogen-bond acceptors (Lipinski definition) is 3. The van der Waals surface area contributed by atoms with E-state index in [1.54, 1.807) is 17.1 Å². The van der Waals surface area contributed by atoms with Gasteiger partial charge in [0, 0.05) is 0 Å². The van der Waals surface area contributed by atoms with E-state index in [1.807, 2.05) is 30.3 Å². The van der Waals surface area contributed by atoms with Crippen LogP contribution in [0.3, 0.4) is 0 Å². The van der Waals surface area contributed by atoms with Crippen molar-refractivity contribution in [2.45, 2.75) is 0 Å². The number of para-hydroxylation sites is 1. The maximum absolute atomic E-state index is 5.25. The molecule has 0 saturated heterocycles. The van der Waals surface area contributed by atoms with Crippen LogP contribution in [0.5, 0.6) is 5.75 Å². The monoisotopic (exact) mass is 189 g/mol. The average Bonchev–Trinajstić information content (AvgIpc) is 2.68. The molecule has 1 heterocycles. The molecule has 0 atom stereocenters. The van der Waals surface area contributed by atoms with Gasteiger partial charge in [-0.1, -0.05) is 18.2 Å². The van der Waals surface area contributed by atoms with Gasteiger partial charge < -0.3 is 4.74 Å². The highest BCUT2D eigenvalue weighted by Gasteiger charge is 1.99. The number of rotatable bonds is 3. The topological polar surface area (TPSA) is 53.1 Å². The molecule has 4 nitrogen and oxygen atoms in total. The molecule has 4 heteroatoms. The Kier molecular flexibility index (Phi) is 2.46. The average molecular weight is 189 g/mol. The van der Waals surface area contributed by atoms with Gasteiger partial charge in [0.15, 0.2) is 5.75 Å². The van der Waals surface area contributed by atoms with Crippen LogP contribution in [-0.4, -0.2) is 16.5 Å². The lowest BCUT2D eigenvalue weighted by atomic mass is 10.3. The van der Waals surface area contributed by atoms with E-state index in [9.17, 15) is 0 Å². The molecule has 0 aliphatic heterocycles. The van der Waals surface area contributed by atoms with Crippen molar-refractivity contribution in [2.24, 2.45) is 5.73 Å². The third-order valence-corrected chi connectivity index (χ3v) is 1.83. The van der Waals surface area contributed by atoms with Crippen molar-refractivity contribution in [2.75, 3.05) is 6.73 Å². The van der Waals surface area contributed by atoms with Gasteiger partial charge in [-0.15, -0.1) is 0 Å². The van der Waals surface area contributed by atoms with E-state index in [4.69, 9.17) is 10.5 Å². The molecule has 0 bridgehead atoms. The van der Waals surface area contributed by atoms with E-state index in [1.165, 1.54) is 0 Å². The summed E-state index contributed by atoms with van der Waals surface area (Å²) in [6.45, 7) is 0.167. The third-order valence-electron chi connectivity index (χ3n) is 1.83. The van der Waals surface area contributed by atoms with Crippen molar-refractivity contribution in [3.05, 3.63) is 42.7 Å². The summed E-state index contributed by atoms with van der Waals surface area (Å²) >= 11 is 0. The van der Waals surface area contributed by atoms with Gasteiger partial charge in [0.1, 0.15) is 6.73 Å². The zero-order valence-electron chi connectivity index (χ0n) is 7.63. The van der Waals surface area contributed by atoms with Crippen LogP contribution >= 0.6 is 0 Å². The Labute approximate surface area is 81.9 Å². The maximum Gasteiger partial charge on any atom is 0.159 e. The van der Waals surface area contributed by atoms with Crippen LogP contribution in [0.2, 0.25) is 0 Å². The van der Waals surface area contributed by atoms with E-state index in [0.717, 1.165) is 5.69 Å². The van der Waals surface area contributed by atoms with E-state index < -0.39 is 0 Å². The summed E-state index contributed by atoms with van der Waals surface area (Å²) in [5.74, 6) is 0.677. The first-order valence-electron chi connectivity index (χ1n) is 4.33. The normalized spacial score (nSPS) is 10.1. The van der Waals surface area contributed by atoms with Gasteiger partial charge in [0.2, 0.25) is 0 Å². The number of nitrogens with zero attached hydrogens (tertiary/aromatic N) is 2. The molecule has 0 saturated carbocycles. The number of ether oxygens (including phenoxy) is 1. The van der Waals surface area contributed by atoms with Gasteiger partial charge in [-0.2, -0.15) is 5.10 Å². The fraction of sp³-hybridized carbons (Fsp3) is 0.100. The van der Waals surface area contributed by atoms with Crippen molar-refractivity contribution in [1.29, 1.82) is 0 Å². The Morgan fingerprint density at radius 2 is 2.07 bits per heavy atom. The summed E-state index contributed by atoms with van der Waals surface area (Å²) in [5, 5.41) is 4.14. The fourth-order valence-corrected chi connectivity index (χ4v) is 1.20. The highest BCUT2D eigenvalue weighted by molar-refractivity contribution is 5.31. The summed E-state index contributed by atoms with van der Waals surface area (Å²) in [6, 6.07) is 9.82. The van der Waals surface area contributed by atoms with E-state index in [0.29, 0.717) is 5.75 Å². The molecule has 2 aromatic rings. The van der Waals surface area contributed by atoms with Gasteiger partial charge in [-0.05, 0) is 12.1 Å². The van der Waals surface area contributed by atoms with Crippen LogP contribution < -0.4 is 10.5 Å².